The zero-order valence-corrected chi connectivity index (χ0v) is 16.9. The average molecular weight is 397 g/mol. The Labute approximate surface area is 174 Å². The van der Waals surface area contributed by atoms with Gasteiger partial charge in [-0.05, 0) is 53.4 Å². The number of pyridine rings is 1. The molecule has 150 valence electrons. The van der Waals surface area contributed by atoms with E-state index >= 15 is 0 Å². The molecule has 6 heteroatoms. The normalized spacial score (nSPS) is 11.5. The molecular weight excluding hydrogens is 374 g/mol. The van der Waals surface area contributed by atoms with E-state index in [2.05, 4.69) is 75.0 Å². The molecule has 2 aromatic carbocycles. The van der Waals surface area contributed by atoms with Gasteiger partial charge in [0.05, 0.1) is 5.39 Å². The van der Waals surface area contributed by atoms with Crippen molar-refractivity contribution in [3.8, 4) is 11.1 Å². The van der Waals surface area contributed by atoms with Gasteiger partial charge in [0.1, 0.15) is 5.82 Å². The summed E-state index contributed by atoms with van der Waals surface area (Å²) in [7, 11) is 1.94. The fourth-order valence-corrected chi connectivity index (χ4v) is 3.40. The number of aromatic amines is 1. The van der Waals surface area contributed by atoms with Crippen LogP contribution in [-0.2, 0) is 0 Å². The second-order valence-electron chi connectivity index (χ2n) is 6.85. The minimum atomic E-state index is -0.433. The SMILES string of the molecule is CC/C=C(/NC)c1cccc(-c2ccc(Nc3[nH]c(=O)nc4ncccc34)cc2)c1. The summed E-state index contributed by atoms with van der Waals surface area (Å²) < 4.78 is 0. The molecule has 0 aliphatic rings. The van der Waals surface area contributed by atoms with Crippen molar-refractivity contribution < 1.29 is 0 Å². The van der Waals surface area contributed by atoms with E-state index in [1.807, 2.05) is 31.3 Å². The number of fused-ring (bicyclic) bond motifs is 1. The van der Waals surface area contributed by atoms with Crippen molar-refractivity contribution in [3.63, 3.8) is 0 Å². The van der Waals surface area contributed by atoms with Crippen molar-refractivity contribution >= 4 is 28.2 Å². The van der Waals surface area contributed by atoms with Crippen molar-refractivity contribution in [1.82, 2.24) is 20.3 Å². The van der Waals surface area contributed by atoms with Crippen LogP contribution in [-0.4, -0.2) is 22.0 Å². The van der Waals surface area contributed by atoms with Crippen LogP contribution in [0.4, 0.5) is 11.5 Å². The third-order valence-corrected chi connectivity index (χ3v) is 4.83. The maximum atomic E-state index is 11.8. The highest BCUT2D eigenvalue weighted by Crippen LogP contribution is 2.26. The van der Waals surface area contributed by atoms with Crippen molar-refractivity contribution in [3.05, 3.63) is 89.0 Å². The molecule has 0 amide bonds. The molecule has 0 radical (unpaired) electrons. The second-order valence-corrected chi connectivity index (χ2v) is 6.85. The molecule has 0 aliphatic carbocycles. The highest BCUT2D eigenvalue weighted by Gasteiger charge is 2.07. The largest absolute Gasteiger partial charge is 0.388 e. The van der Waals surface area contributed by atoms with Gasteiger partial charge in [-0.1, -0.05) is 43.3 Å². The van der Waals surface area contributed by atoms with Gasteiger partial charge < -0.3 is 10.6 Å². The van der Waals surface area contributed by atoms with E-state index in [-0.39, 0.29) is 0 Å². The predicted octanol–water partition coefficient (Wildman–Crippen LogP) is 4.70. The van der Waals surface area contributed by atoms with Crippen LogP contribution < -0.4 is 16.3 Å². The third kappa shape index (κ3) is 4.07. The minimum absolute atomic E-state index is 0.414. The van der Waals surface area contributed by atoms with Crippen molar-refractivity contribution in [2.24, 2.45) is 0 Å². The van der Waals surface area contributed by atoms with Crippen LogP contribution in [0.2, 0.25) is 0 Å². The predicted molar refractivity (Wildman–Crippen MR) is 123 cm³/mol. The lowest BCUT2D eigenvalue weighted by atomic mass is 10.0. The lowest BCUT2D eigenvalue weighted by Gasteiger charge is -2.11. The number of nitrogens with zero attached hydrogens (tertiary/aromatic N) is 2. The lowest BCUT2D eigenvalue weighted by Crippen LogP contribution is -2.13. The first-order valence-electron chi connectivity index (χ1n) is 9.89. The second kappa shape index (κ2) is 8.61. The summed E-state index contributed by atoms with van der Waals surface area (Å²) in [5.74, 6) is 0.580. The summed E-state index contributed by atoms with van der Waals surface area (Å²) in [5, 5.41) is 7.29. The van der Waals surface area contributed by atoms with E-state index in [1.165, 1.54) is 0 Å². The molecule has 0 fully saturated rings. The van der Waals surface area contributed by atoms with Crippen LogP contribution >= 0.6 is 0 Å². The first-order valence-corrected chi connectivity index (χ1v) is 9.89. The molecule has 0 saturated carbocycles. The number of aromatic nitrogens is 3. The molecule has 0 spiro atoms. The van der Waals surface area contributed by atoms with Crippen LogP contribution in [0, 0.1) is 0 Å². The highest BCUT2D eigenvalue weighted by molar-refractivity contribution is 5.88. The summed E-state index contributed by atoms with van der Waals surface area (Å²) in [6.07, 6.45) is 4.78. The number of nitrogens with one attached hydrogen (secondary N) is 3. The van der Waals surface area contributed by atoms with Crippen molar-refractivity contribution in [1.29, 1.82) is 0 Å². The number of hydrogen-bond donors (Lipinski definition) is 3. The van der Waals surface area contributed by atoms with Gasteiger partial charge in [-0.15, -0.1) is 0 Å². The Morgan fingerprint density at radius 3 is 2.67 bits per heavy atom. The van der Waals surface area contributed by atoms with E-state index in [4.69, 9.17) is 0 Å². The van der Waals surface area contributed by atoms with Gasteiger partial charge in [-0.2, -0.15) is 4.98 Å². The summed E-state index contributed by atoms with van der Waals surface area (Å²) >= 11 is 0. The molecule has 0 atom stereocenters. The monoisotopic (exact) mass is 397 g/mol. The van der Waals surface area contributed by atoms with Gasteiger partial charge in [0.15, 0.2) is 5.65 Å². The summed E-state index contributed by atoms with van der Waals surface area (Å²) in [6, 6.07) is 20.2. The van der Waals surface area contributed by atoms with Gasteiger partial charge in [-0.3, -0.25) is 4.98 Å². The number of allylic oxidation sites excluding steroid dienone is 1. The molecule has 30 heavy (non-hydrogen) atoms. The molecular formula is C24H23N5O. The van der Waals surface area contributed by atoms with Crippen LogP contribution in [0.1, 0.15) is 18.9 Å². The number of hydrogen-bond acceptors (Lipinski definition) is 5. The van der Waals surface area contributed by atoms with Crippen molar-refractivity contribution in [2.75, 3.05) is 12.4 Å². The summed E-state index contributed by atoms with van der Waals surface area (Å²) in [6.45, 7) is 2.13. The zero-order valence-electron chi connectivity index (χ0n) is 16.9. The molecule has 3 N–H and O–H groups in total. The topological polar surface area (TPSA) is 82.7 Å². The molecule has 4 aromatic rings. The van der Waals surface area contributed by atoms with E-state index in [9.17, 15) is 4.79 Å². The number of rotatable bonds is 6. The van der Waals surface area contributed by atoms with Crippen LogP contribution in [0.25, 0.3) is 27.9 Å². The Kier molecular flexibility index (Phi) is 5.57. The summed E-state index contributed by atoms with van der Waals surface area (Å²) in [4.78, 5) is 22.7. The van der Waals surface area contributed by atoms with Gasteiger partial charge in [0.25, 0.3) is 0 Å². The van der Waals surface area contributed by atoms with Gasteiger partial charge in [0.2, 0.25) is 0 Å². The van der Waals surface area contributed by atoms with E-state index < -0.39 is 5.69 Å². The maximum absolute atomic E-state index is 11.8. The Bertz CT molecular complexity index is 1260. The van der Waals surface area contributed by atoms with Crippen molar-refractivity contribution in [2.45, 2.75) is 13.3 Å². The first kappa shape index (κ1) is 19.4. The van der Waals surface area contributed by atoms with Crippen LogP contribution in [0.15, 0.2) is 77.7 Å². The molecule has 2 heterocycles. The Balaban J connectivity index is 1.62. The average Bonchev–Trinajstić information content (AvgIpc) is 2.78. The Morgan fingerprint density at radius 2 is 1.90 bits per heavy atom. The van der Waals surface area contributed by atoms with Gasteiger partial charge >= 0.3 is 5.69 Å². The molecule has 4 rings (SSSR count). The number of anilines is 2. The number of H-pyrrole nitrogens is 1. The van der Waals surface area contributed by atoms with E-state index in [1.54, 1.807) is 6.20 Å². The van der Waals surface area contributed by atoms with Crippen LogP contribution in [0.5, 0.6) is 0 Å². The summed E-state index contributed by atoms with van der Waals surface area (Å²) in [5.41, 5.74) is 5.39. The van der Waals surface area contributed by atoms with Gasteiger partial charge in [0, 0.05) is 24.6 Å². The molecule has 0 unspecified atom stereocenters. The fourth-order valence-electron chi connectivity index (χ4n) is 3.40. The lowest BCUT2D eigenvalue weighted by molar-refractivity contribution is 1.10. The Hall–Kier alpha value is -3.93. The quantitative estimate of drug-likeness (QED) is 0.439. The molecule has 0 aliphatic heterocycles. The molecule has 0 saturated heterocycles. The van der Waals surface area contributed by atoms with Crippen LogP contribution in [0.3, 0.4) is 0 Å². The third-order valence-electron chi connectivity index (χ3n) is 4.83. The van der Waals surface area contributed by atoms with E-state index in [0.29, 0.717) is 11.5 Å². The minimum Gasteiger partial charge on any atom is -0.388 e. The molecule has 0 bridgehead atoms. The smallest absolute Gasteiger partial charge is 0.348 e. The zero-order chi connectivity index (χ0) is 20.9. The fraction of sp³-hybridized carbons (Fsp3) is 0.125. The number of benzene rings is 2. The molecule has 2 aromatic heterocycles. The van der Waals surface area contributed by atoms with E-state index in [0.717, 1.165) is 39.9 Å². The maximum Gasteiger partial charge on any atom is 0.348 e. The Morgan fingerprint density at radius 1 is 1.07 bits per heavy atom. The standard InChI is InChI=1S/C24H23N5O/c1-3-6-21(25-2)18-8-4-7-17(15-18)16-10-12-19(13-11-16)27-23-20-9-5-14-26-22(20)28-24(30)29-23/h4-15,25H,3H2,1-2H3,(H2,26,27,28,29,30)/b21-6+. The molecule has 6 nitrogen and oxygen atoms in total. The first-order chi connectivity index (χ1) is 14.7. The van der Waals surface area contributed by atoms with Gasteiger partial charge in [-0.25, -0.2) is 9.78 Å². The highest BCUT2D eigenvalue weighted by atomic mass is 16.1.